The molecule has 1 aliphatic rings. The smallest absolute Gasteiger partial charge is 0.251 e. The molecule has 18 heavy (non-hydrogen) atoms. The van der Waals surface area contributed by atoms with Crippen LogP contribution in [0.2, 0.25) is 0 Å². The lowest BCUT2D eigenvalue weighted by Crippen LogP contribution is -2.17. The van der Waals surface area contributed by atoms with E-state index >= 15 is 0 Å². The Morgan fingerprint density at radius 1 is 1.11 bits per heavy atom. The maximum atomic E-state index is 11.6. The van der Waals surface area contributed by atoms with Crippen LogP contribution in [0.3, 0.4) is 0 Å². The molecular formula is C14H12N2OS. The first-order chi connectivity index (χ1) is 8.78. The van der Waals surface area contributed by atoms with Gasteiger partial charge in [0.05, 0.1) is 11.4 Å². The van der Waals surface area contributed by atoms with Crippen molar-refractivity contribution in [2.24, 2.45) is 0 Å². The molecule has 0 atom stereocenters. The summed E-state index contributed by atoms with van der Waals surface area (Å²) in [5.41, 5.74) is 2.85. The van der Waals surface area contributed by atoms with Gasteiger partial charge in [0.2, 0.25) is 0 Å². The molecule has 0 spiro atoms. The Kier molecular flexibility index (Phi) is 2.72. The zero-order valence-corrected chi connectivity index (χ0v) is 10.7. The highest BCUT2D eigenvalue weighted by Crippen LogP contribution is 2.44. The lowest BCUT2D eigenvalue weighted by molar-refractivity contribution is 0.0963. The fourth-order valence-corrected chi connectivity index (χ4v) is 2.95. The van der Waals surface area contributed by atoms with E-state index in [1.54, 1.807) is 18.8 Å². The van der Waals surface area contributed by atoms with Crippen LogP contribution in [0.15, 0.2) is 52.3 Å². The Hall–Kier alpha value is -1.94. The van der Waals surface area contributed by atoms with Crippen LogP contribution < -0.4 is 10.6 Å². The summed E-state index contributed by atoms with van der Waals surface area (Å²) in [4.78, 5) is 13.9. The van der Waals surface area contributed by atoms with Crippen LogP contribution in [0.25, 0.3) is 0 Å². The minimum Gasteiger partial charge on any atom is -0.355 e. The van der Waals surface area contributed by atoms with Gasteiger partial charge in [-0.3, -0.25) is 4.79 Å². The maximum absolute atomic E-state index is 11.6. The molecule has 0 aliphatic carbocycles. The lowest BCUT2D eigenvalue weighted by Gasteiger charge is -2.20. The fourth-order valence-electron chi connectivity index (χ4n) is 1.92. The quantitative estimate of drug-likeness (QED) is 0.702. The third-order valence-electron chi connectivity index (χ3n) is 2.85. The Morgan fingerprint density at radius 3 is 2.72 bits per heavy atom. The zero-order valence-electron chi connectivity index (χ0n) is 9.86. The van der Waals surface area contributed by atoms with Gasteiger partial charge in [0.1, 0.15) is 0 Å². The zero-order chi connectivity index (χ0) is 12.5. The number of para-hydroxylation sites is 1. The maximum Gasteiger partial charge on any atom is 0.251 e. The minimum atomic E-state index is -0.0581. The summed E-state index contributed by atoms with van der Waals surface area (Å²) in [6, 6.07) is 13.8. The van der Waals surface area contributed by atoms with Crippen molar-refractivity contribution in [2.45, 2.75) is 9.79 Å². The molecule has 2 N–H and O–H groups in total. The minimum absolute atomic E-state index is 0.0581. The number of fused-ring (bicyclic) bond motifs is 2. The summed E-state index contributed by atoms with van der Waals surface area (Å²) >= 11 is 1.68. The highest BCUT2D eigenvalue weighted by Gasteiger charge is 2.16. The molecule has 2 aromatic rings. The van der Waals surface area contributed by atoms with Gasteiger partial charge in [-0.05, 0) is 30.3 Å². The van der Waals surface area contributed by atoms with Crippen molar-refractivity contribution in [2.75, 3.05) is 12.4 Å². The molecule has 1 amide bonds. The SMILES string of the molecule is CNC(=O)c1ccc2c(c1)Sc1ccccc1N2. The van der Waals surface area contributed by atoms with E-state index in [0.29, 0.717) is 5.56 Å². The van der Waals surface area contributed by atoms with Crippen molar-refractivity contribution in [3.63, 3.8) is 0 Å². The highest BCUT2D eigenvalue weighted by molar-refractivity contribution is 7.99. The number of carbonyl (C=O) groups is 1. The van der Waals surface area contributed by atoms with E-state index in [1.165, 1.54) is 4.90 Å². The first kappa shape index (κ1) is 11.2. The van der Waals surface area contributed by atoms with Crippen molar-refractivity contribution < 1.29 is 4.79 Å². The van der Waals surface area contributed by atoms with Crippen molar-refractivity contribution in [1.82, 2.24) is 5.32 Å². The number of amides is 1. The average molecular weight is 256 g/mol. The highest BCUT2D eigenvalue weighted by atomic mass is 32.2. The standard InChI is InChI=1S/C14H12N2OS/c1-15-14(17)9-6-7-11-13(8-9)18-12-5-3-2-4-10(12)16-11/h2-8,16H,1H3,(H,15,17). The van der Waals surface area contributed by atoms with E-state index < -0.39 is 0 Å². The summed E-state index contributed by atoms with van der Waals surface area (Å²) in [6.07, 6.45) is 0. The summed E-state index contributed by atoms with van der Waals surface area (Å²) < 4.78 is 0. The van der Waals surface area contributed by atoms with Crippen molar-refractivity contribution >= 4 is 29.0 Å². The summed E-state index contributed by atoms with van der Waals surface area (Å²) in [7, 11) is 1.64. The molecule has 0 fully saturated rings. The number of hydrogen-bond donors (Lipinski definition) is 2. The first-order valence-corrected chi connectivity index (χ1v) is 6.49. The predicted octanol–water partition coefficient (Wildman–Crippen LogP) is 3.25. The summed E-state index contributed by atoms with van der Waals surface area (Å²) in [6.45, 7) is 0. The van der Waals surface area contributed by atoms with Crippen molar-refractivity contribution in [3.05, 3.63) is 48.0 Å². The second-order valence-corrected chi connectivity index (χ2v) is 5.10. The Labute approximate surface area is 110 Å². The average Bonchev–Trinajstić information content (AvgIpc) is 2.43. The topological polar surface area (TPSA) is 41.1 Å². The molecule has 0 radical (unpaired) electrons. The molecule has 0 bridgehead atoms. The second kappa shape index (κ2) is 4.38. The molecule has 1 heterocycles. The molecule has 1 aliphatic heterocycles. The van der Waals surface area contributed by atoms with Crippen molar-refractivity contribution in [3.8, 4) is 0 Å². The monoisotopic (exact) mass is 256 g/mol. The van der Waals surface area contributed by atoms with E-state index in [9.17, 15) is 4.79 Å². The van der Waals surface area contributed by atoms with Gasteiger partial charge in [0.25, 0.3) is 5.91 Å². The molecule has 2 aromatic carbocycles. The van der Waals surface area contributed by atoms with Gasteiger partial charge in [-0.25, -0.2) is 0 Å². The number of rotatable bonds is 1. The predicted molar refractivity (Wildman–Crippen MR) is 73.7 cm³/mol. The van der Waals surface area contributed by atoms with Gasteiger partial charge in [-0.1, -0.05) is 23.9 Å². The summed E-state index contributed by atoms with van der Waals surface area (Å²) in [5.74, 6) is -0.0581. The largest absolute Gasteiger partial charge is 0.355 e. The summed E-state index contributed by atoms with van der Waals surface area (Å²) in [5, 5.41) is 6.01. The Balaban J connectivity index is 2.01. The van der Waals surface area contributed by atoms with Gasteiger partial charge < -0.3 is 10.6 Å². The van der Waals surface area contributed by atoms with Crippen LogP contribution in [0.5, 0.6) is 0 Å². The Morgan fingerprint density at radius 2 is 1.89 bits per heavy atom. The molecule has 3 nitrogen and oxygen atoms in total. The van der Waals surface area contributed by atoms with E-state index in [1.807, 2.05) is 30.3 Å². The van der Waals surface area contributed by atoms with Gasteiger partial charge in [-0.15, -0.1) is 0 Å². The number of anilines is 2. The second-order valence-electron chi connectivity index (χ2n) is 4.01. The number of carbonyl (C=O) groups excluding carboxylic acids is 1. The normalized spacial score (nSPS) is 12.1. The third-order valence-corrected chi connectivity index (χ3v) is 3.98. The first-order valence-electron chi connectivity index (χ1n) is 5.68. The van der Waals surface area contributed by atoms with Crippen LogP contribution in [-0.4, -0.2) is 13.0 Å². The van der Waals surface area contributed by atoms with Crippen molar-refractivity contribution in [1.29, 1.82) is 0 Å². The van der Waals surface area contributed by atoms with Crippen LogP contribution in [0.4, 0.5) is 11.4 Å². The third kappa shape index (κ3) is 1.84. The molecule has 0 aromatic heterocycles. The van der Waals surface area contributed by atoms with Gasteiger partial charge in [0, 0.05) is 22.4 Å². The molecule has 3 rings (SSSR count). The van der Waals surface area contributed by atoms with Gasteiger partial charge in [-0.2, -0.15) is 0 Å². The molecular weight excluding hydrogens is 244 g/mol. The van der Waals surface area contributed by atoms with Crippen LogP contribution >= 0.6 is 11.8 Å². The molecule has 90 valence electrons. The van der Waals surface area contributed by atoms with E-state index in [-0.39, 0.29) is 5.91 Å². The van der Waals surface area contributed by atoms with Crippen LogP contribution in [0.1, 0.15) is 10.4 Å². The van der Waals surface area contributed by atoms with E-state index in [0.717, 1.165) is 16.3 Å². The number of hydrogen-bond acceptors (Lipinski definition) is 3. The molecule has 4 heteroatoms. The fraction of sp³-hybridized carbons (Fsp3) is 0.0714. The van der Waals surface area contributed by atoms with Crippen LogP contribution in [-0.2, 0) is 0 Å². The number of benzene rings is 2. The Bertz CT molecular complexity index is 625. The lowest BCUT2D eigenvalue weighted by atomic mass is 10.2. The molecule has 0 saturated carbocycles. The van der Waals surface area contributed by atoms with Gasteiger partial charge in [0.15, 0.2) is 0 Å². The number of nitrogens with one attached hydrogen (secondary N) is 2. The van der Waals surface area contributed by atoms with E-state index in [2.05, 4.69) is 22.8 Å². The van der Waals surface area contributed by atoms with Crippen LogP contribution in [0, 0.1) is 0 Å². The molecule has 0 unspecified atom stereocenters. The van der Waals surface area contributed by atoms with Gasteiger partial charge >= 0.3 is 0 Å². The van der Waals surface area contributed by atoms with E-state index in [4.69, 9.17) is 0 Å². The molecule has 0 saturated heterocycles.